The molecule has 0 atom stereocenters. The summed E-state index contributed by atoms with van der Waals surface area (Å²) in [4.78, 5) is 1.47. The summed E-state index contributed by atoms with van der Waals surface area (Å²) < 4.78 is 4.46. The summed E-state index contributed by atoms with van der Waals surface area (Å²) in [5.41, 5.74) is 13.7. The van der Waals surface area contributed by atoms with Crippen LogP contribution in [-0.4, -0.2) is 43.5 Å². The van der Waals surface area contributed by atoms with Gasteiger partial charge in [0.2, 0.25) is 0 Å². The predicted molar refractivity (Wildman–Crippen MR) is 189 cm³/mol. The zero-order valence-electron chi connectivity index (χ0n) is 25.3. The van der Waals surface area contributed by atoms with Crippen LogP contribution in [0.2, 0.25) is 0 Å². The Hall–Kier alpha value is -4.55. The van der Waals surface area contributed by atoms with Crippen molar-refractivity contribution < 1.29 is 0 Å². The number of hydrogen-bond acceptors (Lipinski definition) is 2. The van der Waals surface area contributed by atoms with Crippen molar-refractivity contribution in [1.29, 1.82) is 0 Å². The molecule has 5 aromatic carbocycles. The maximum atomic E-state index is 5.09. The van der Waals surface area contributed by atoms with Gasteiger partial charge in [0.05, 0.1) is 34.8 Å². The molecule has 2 aromatic heterocycles. The Labute approximate surface area is 259 Å². The molecular formula is C38H33BN4S. The summed E-state index contributed by atoms with van der Waals surface area (Å²) >= 11 is 0. The number of aromatic nitrogens is 4. The molecular weight excluding hydrogens is 555 g/mol. The van der Waals surface area contributed by atoms with Gasteiger partial charge in [0, 0.05) is 10.8 Å². The lowest BCUT2D eigenvalue weighted by atomic mass is 9.34. The summed E-state index contributed by atoms with van der Waals surface area (Å²) in [6, 6.07) is 36.0. The highest BCUT2D eigenvalue weighted by Crippen LogP contribution is 2.56. The number of nitrogens with zero attached hydrogens (tertiary/aromatic N) is 4. The molecule has 0 radical (unpaired) electrons. The third-order valence-electron chi connectivity index (χ3n) is 10.2. The maximum absolute atomic E-state index is 5.09. The van der Waals surface area contributed by atoms with Gasteiger partial charge in [-0.1, -0.05) is 93.6 Å². The van der Waals surface area contributed by atoms with E-state index in [9.17, 15) is 0 Å². The maximum Gasteiger partial charge on any atom is 0.252 e. The summed E-state index contributed by atoms with van der Waals surface area (Å²) in [5, 5.41) is 12.6. The van der Waals surface area contributed by atoms with Crippen molar-refractivity contribution in [2.45, 2.75) is 25.7 Å². The van der Waals surface area contributed by atoms with Crippen LogP contribution in [0, 0.1) is 0 Å². The van der Waals surface area contributed by atoms with E-state index < -0.39 is 10.0 Å². The Morgan fingerprint density at radius 3 is 1.45 bits per heavy atom. The van der Waals surface area contributed by atoms with Crippen LogP contribution in [0.3, 0.4) is 0 Å². The Bertz CT molecular complexity index is 2090. The zero-order valence-corrected chi connectivity index (χ0v) is 26.1. The Morgan fingerprint density at radius 2 is 1.02 bits per heavy atom. The highest BCUT2D eigenvalue weighted by atomic mass is 32.3. The van der Waals surface area contributed by atoms with Crippen LogP contribution in [0.25, 0.3) is 55.4 Å². The zero-order chi connectivity index (χ0) is 29.6. The first-order valence-corrected chi connectivity index (χ1v) is 17.9. The Kier molecular flexibility index (Phi) is 5.58. The fourth-order valence-electron chi connectivity index (χ4n) is 7.89. The van der Waals surface area contributed by atoms with E-state index in [-0.39, 0.29) is 6.71 Å². The molecule has 2 aliphatic heterocycles. The molecule has 44 heavy (non-hydrogen) atoms. The number of benzene rings is 5. The van der Waals surface area contributed by atoms with Crippen LogP contribution in [-0.2, 0) is 0 Å². The quantitative estimate of drug-likeness (QED) is 0.195. The molecule has 0 bridgehead atoms. The molecule has 0 N–H and O–H groups in total. The van der Waals surface area contributed by atoms with E-state index >= 15 is 0 Å². The van der Waals surface area contributed by atoms with Gasteiger partial charge in [-0.25, -0.2) is 19.4 Å². The molecule has 0 unspecified atom stereocenters. The van der Waals surface area contributed by atoms with Gasteiger partial charge in [-0.3, -0.25) is 0 Å². The fourth-order valence-corrected chi connectivity index (χ4v) is 10.8. The van der Waals surface area contributed by atoms with Crippen molar-refractivity contribution in [3.05, 3.63) is 109 Å². The summed E-state index contributed by atoms with van der Waals surface area (Å²) in [5.74, 6) is 3.54. The molecule has 7 aromatic rings. The molecule has 0 aliphatic carbocycles. The minimum Gasteiger partial charge on any atom is -0.234 e. The number of rotatable bonds is 6. The number of fused-ring (bicyclic) bond motifs is 4. The Balaban J connectivity index is 1.42. The first-order chi connectivity index (χ1) is 21.6. The van der Waals surface area contributed by atoms with Gasteiger partial charge in [0.1, 0.15) is 0 Å². The molecule has 0 fully saturated rings. The molecule has 4 heterocycles. The second-order valence-corrected chi connectivity index (χ2v) is 16.4. The van der Waals surface area contributed by atoms with E-state index in [4.69, 9.17) is 10.2 Å². The van der Waals surface area contributed by atoms with Crippen molar-refractivity contribution in [2.24, 2.45) is 0 Å². The SMILES string of the molecule is CCS(CC)(CC)c1cc2c3c(c1)-n1ncc4cc(-c5ccccc5)cc(c41)B3c1cc(-c3ccccc3)cc3cnn-2c13. The third-order valence-corrected chi connectivity index (χ3v) is 14.8. The number of hydrogen-bond donors (Lipinski definition) is 0. The van der Waals surface area contributed by atoms with E-state index in [1.807, 2.05) is 0 Å². The molecule has 4 nitrogen and oxygen atoms in total. The van der Waals surface area contributed by atoms with Gasteiger partial charge in [0.25, 0.3) is 6.71 Å². The van der Waals surface area contributed by atoms with Crippen molar-refractivity contribution in [2.75, 3.05) is 17.3 Å². The van der Waals surface area contributed by atoms with E-state index in [1.54, 1.807) is 0 Å². The summed E-state index contributed by atoms with van der Waals surface area (Å²) in [6.45, 7) is 7.19. The smallest absolute Gasteiger partial charge is 0.234 e. The molecule has 2 aliphatic rings. The molecule has 0 amide bonds. The third kappa shape index (κ3) is 3.43. The molecule has 214 valence electrons. The highest BCUT2D eigenvalue weighted by molar-refractivity contribution is 8.33. The molecule has 0 saturated heterocycles. The van der Waals surface area contributed by atoms with Crippen LogP contribution < -0.4 is 16.4 Å². The minimum absolute atomic E-state index is 0.0778. The topological polar surface area (TPSA) is 35.6 Å². The van der Waals surface area contributed by atoms with Gasteiger partial charge in [-0.05, 0) is 85.1 Å². The van der Waals surface area contributed by atoms with E-state index in [0.717, 1.165) is 0 Å². The van der Waals surface area contributed by atoms with Crippen molar-refractivity contribution in [3.8, 4) is 33.6 Å². The van der Waals surface area contributed by atoms with Gasteiger partial charge >= 0.3 is 0 Å². The lowest BCUT2D eigenvalue weighted by molar-refractivity contribution is 0.884. The minimum atomic E-state index is -0.975. The normalized spacial score (nSPS) is 13.5. The first kappa shape index (κ1) is 25.9. The average molecular weight is 589 g/mol. The summed E-state index contributed by atoms with van der Waals surface area (Å²) in [7, 11) is -0.975. The molecule has 0 saturated carbocycles. The summed E-state index contributed by atoms with van der Waals surface area (Å²) in [6.07, 6.45) is 4.13. The van der Waals surface area contributed by atoms with Crippen LogP contribution in [0.4, 0.5) is 0 Å². The van der Waals surface area contributed by atoms with E-state index in [2.05, 4.69) is 140 Å². The van der Waals surface area contributed by atoms with Crippen LogP contribution in [0.1, 0.15) is 20.8 Å². The predicted octanol–water partition coefficient (Wildman–Crippen LogP) is 7.06. The van der Waals surface area contributed by atoms with E-state index in [1.165, 1.54) is 94.0 Å². The van der Waals surface area contributed by atoms with Gasteiger partial charge in [0.15, 0.2) is 0 Å². The second-order valence-electron chi connectivity index (χ2n) is 12.1. The first-order valence-electron chi connectivity index (χ1n) is 15.7. The molecule has 6 heteroatoms. The largest absolute Gasteiger partial charge is 0.252 e. The van der Waals surface area contributed by atoms with Crippen LogP contribution in [0.15, 0.2) is 114 Å². The van der Waals surface area contributed by atoms with Crippen molar-refractivity contribution in [1.82, 2.24) is 19.6 Å². The lowest BCUT2D eigenvalue weighted by Crippen LogP contribution is -2.59. The standard InChI is InChI=1S/C38H33BN4S/c1-4-44(5-2,6-3)31-21-34-36-35(22-31)43-38-30(24-41-43)18-28(26-15-11-8-12-16-26)20-33(38)39(36)32-19-27(25-13-9-7-10-14-25)17-29-23-40-42(34)37(29)32/h7-24H,4-6H2,1-3H3. The van der Waals surface area contributed by atoms with E-state index in [0.29, 0.717) is 0 Å². The fraction of sp³-hybridized carbons (Fsp3) is 0.158. The molecule has 0 spiro atoms. The second kappa shape index (κ2) is 9.48. The van der Waals surface area contributed by atoms with Crippen LogP contribution >= 0.6 is 10.0 Å². The van der Waals surface area contributed by atoms with Crippen LogP contribution in [0.5, 0.6) is 0 Å². The molecule has 9 rings (SSSR count). The Morgan fingerprint density at radius 1 is 0.568 bits per heavy atom. The van der Waals surface area contributed by atoms with Gasteiger partial charge < -0.3 is 0 Å². The van der Waals surface area contributed by atoms with Gasteiger partial charge in [-0.15, -0.1) is 0 Å². The van der Waals surface area contributed by atoms with Crippen molar-refractivity contribution in [3.63, 3.8) is 0 Å². The lowest BCUT2D eigenvalue weighted by Gasteiger charge is -2.40. The van der Waals surface area contributed by atoms with Crippen molar-refractivity contribution >= 4 is 54.9 Å². The van der Waals surface area contributed by atoms with Gasteiger partial charge in [-0.2, -0.15) is 10.2 Å². The highest BCUT2D eigenvalue weighted by Gasteiger charge is 2.41. The average Bonchev–Trinajstić information content (AvgIpc) is 3.72. The monoisotopic (exact) mass is 588 g/mol.